The van der Waals surface area contributed by atoms with Crippen LogP contribution in [0.25, 0.3) is 43.4 Å². The first-order chi connectivity index (χ1) is 22.0. The Bertz CT molecular complexity index is 2320. The van der Waals surface area contributed by atoms with E-state index in [1.54, 1.807) is 43.5 Å². The second kappa shape index (κ2) is 12.2. The number of aromatic carboxylic acids is 1. The summed E-state index contributed by atoms with van der Waals surface area (Å²) in [6.07, 6.45) is 0. The van der Waals surface area contributed by atoms with Crippen LogP contribution in [0, 0.1) is 39.0 Å². The minimum absolute atomic E-state index is 0.0890. The van der Waals surface area contributed by atoms with Crippen molar-refractivity contribution in [1.29, 1.82) is 5.26 Å². The molecule has 6 rings (SSSR count). The number of fused-ring (bicyclic) bond motifs is 2. The molecule has 0 amide bonds. The zero-order chi connectivity index (χ0) is 32.9. The molecule has 2 aromatic carbocycles. The van der Waals surface area contributed by atoms with E-state index in [2.05, 4.69) is 21.0 Å². The molecule has 6 aromatic rings. The van der Waals surface area contributed by atoms with Crippen molar-refractivity contribution in [3.8, 4) is 34.1 Å². The van der Waals surface area contributed by atoms with E-state index < -0.39 is 5.97 Å². The maximum absolute atomic E-state index is 14.0. The van der Waals surface area contributed by atoms with Crippen LogP contribution in [0.15, 0.2) is 52.6 Å². The summed E-state index contributed by atoms with van der Waals surface area (Å²) in [6, 6.07) is 14.5. The SMILES string of the molecule is Cc1cc(-c2c(Cl)cc3nc(C)n(CCOc4ccc(Cl)cc4-c4cc(C)nc5c(C(=O)O)csc45)c(=O)c3c2C#N)cc(C)n1. The van der Waals surface area contributed by atoms with Gasteiger partial charge in [-0.15, -0.1) is 11.3 Å². The number of nitriles is 1. The Kier molecular flexibility index (Phi) is 8.25. The van der Waals surface area contributed by atoms with Gasteiger partial charge in [0.05, 0.1) is 43.8 Å². The Labute approximate surface area is 277 Å². The Morgan fingerprint density at radius 1 is 1.00 bits per heavy atom. The molecule has 0 fully saturated rings. The number of halogens is 2. The Hall–Kier alpha value is -4.82. The van der Waals surface area contributed by atoms with Crippen LogP contribution >= 0.6 is 34.5 Å². The molecule has 0 aliphatic heterocycles. The summed E-state index contributed by atoms with van der Waals surface area (Å²) < 4.78 is 8.41. The number of nitrogens with zero attached hydrogens (tertiary/aromatic N) is 5. The maximum Gasteiger partial charge on any atom is 0.338 e. The van der Waals surface area contributed by atoms with Gasteiger partial charge in [-0.3, -0.25) is 19.3 Å². The Morgan fingerprint density at radius 2 is 1.72 bits per heavy atom. The number of ether oxygens (including phenoxy) is 1. The summed E-state index contributed by atoms with van der Waals surface area (Å²) in [5.74, 6) is -0.120. The van der Waals surface area contributed by atoms with Crippen molar-refractivity contribution in [1.82, 2.24) is 19.5 Å². The summed E-state index contributed by atoms with van der Waals surface area (Å²) >= 11 is 14.4. The summed E-state index contributed by atoms with van der Waals surface area (Å²) in [4.78, 5) is 39.3. The first kappa shape index (κ1) is 31.2. The third-order valence-electron chi connectivity index (χ3n) is 7.56. The molecule has 4 heterocycles. The maximum atomic E-state index is 14.0. The molecule has 1 N–H and O–H groups in total. The number of carbonyl (C=O) groups is 1. The number of rotatable bonds is 7. The number of carboxylic acids is 1. The van der Waals surface area contributed by atoms with Gasteiger partial charge in [-0.2, -0.15) is 5.26 Å². The number of aromatic nitrogens is 4. The van der Waals surface area contributed by atoms with E-state index in [0.717, 1.165) is 17.0 Å². The molecule has 230 valence electrons. The van der Waals surface area contributed by atoms with Gasteiger partial charge >= 0.3 is 5.97 Å². The molecular formula is C34H25Cl2N5O4S. The first-order valence-electron chi connectivity index (χ1n) is 14.1. The third-order valence-corrected chi connectivity index (χ3v) is 9.09. The third kappa shape index (κ3) is 5.58. The van der Waals surface area contributed by atoms with Crippen LogP contribution in [0.1, 0.15) is 38.8 Å². The largest absolute Gasteiger partial charge is 0.491 e. The van der Waals surface area contributed by atoms with E-state index in [-0.39, 0.29) is 35.2 Å². The fourth-order valence-corrected chi connectivity index (χ4v) is 7.16. The Morgan fingerprint density at radius 3 is 2.41 bits per heavy atom. The van der Waals surface area contributed by atoms with Crippen molar-refractivity contribution in [2.24, 2.45) is 0 Å². The number of aryl methyl sites for hydroxylation is 4. The smallest absolute Gasteiger partial charge is 0.338 e. The molecule has 0 saturated heterocycles. The highest BCUT2D eigenvalue weighted by Crippen LogP contribution is 2.40. The molecule has 0 unspecified atom stereocenters. The average Bonchev–Trinajstić information content (AvgIpc) is 3.42. The Balaban J connectivity index is 1.39. The highest BCUT2D eigenvalue weighted by Gasteiger charge is 2.22. The monoisotopic (exact) mass is 669 g/mol. The fraction of sp³-hybridized carbons (Fsp3) is 0.176. The van der Waals surface area contributed by atoms with E-state index >= 15 is 0 Å². The quantitative estimate of drug-likeness (QED) is 0.181. The minimum Gasteiger partial charge on any atom is -0.491 e. The van der Waals surface area contributed by atoms with Crippen LogP contribution in [0.2, 0.25) is 10.0 Å². The van der Waals surface area contributed by atoms with E-state index in [1.165, 1.54) is 15.9 Å². The van der Waals surface area contributed by atoms with Gasteiger partial charge in [0.15, 0.2) is 0 Å². The molecule has 4 aromatic heterocycles. The van der Waals surface area contributed by atoms with E-state index in [1.807, 2.05) is 32.0 Å². The highest BCUT2D eigenvalue weighted by molar-refractivity contribution is 7.18. The van der Waals surface area contributed by atoms with E-state index in [0.29, 0.717) is 59.7 Å². The summed E-state index contributed by atoms with van der Waals surface area (Å²) in [7, 11) is 0. The van der Waals surface area contributed by atoms with Gasteiger partial charge < -0.3 is 9.84 Å². The van der Waals surface area contributed by atoms with Crippen molar-refractivity contribution in [3.05, 3.63) is 102 Å². The molecule has 0 aliphatic rings. The van der Waals surface area contributed by atoms with Crippen LogP contribution in [-0.4, -0.2) is 37.2 Å². The van der Waals surface area contributed by atoms with Crippen molar-refractivity contribution in [3.63, 3.8) is 0 Å². The van der Waals surface area contributed by atoms with Crippen molar-refractivity contribution >= 4 is 61.6 Å². The van der Waals surface area contributed by atoms with Crippen LogP contribution < -0.4 is 10.3 Å². The highest BCUT2D eigenvalue weighted by atomic mass is 35.5. The molecule has 12 heteroatoms. The minimum atomic E-state index is -1.05. The van der Waals surface area contributed by atoms with Gasteiger partial charge in [-0.25, -0.2) is 9.78 Å². The molecule has 0 radical (unpaired) electrons. The second-order valence-electron chi connectivity index (χ2n) is 10.8. The topological polar surface area (TPSA) is 131 Å². The molecule has 0 saturated carbocycles. The molecule has 0 bridgehead atoms. The number of benzene rings is 2. The van der Waals surface area contributed by atoms with Gasteiger partial charge in [0.1, 0.15) is 24.3 Å². The van der Waals surface area contributed by atoms with Gasteiger partial charge in [-0.05, 0) is 75.7 Å². The van der Waals surface area contributed by atoms with Gasteiger partial charge in [0.2, 0.25) is 0 Å². The predicted molar refractivity (Wildman–Crippen MR) is 180 cm³/mol. The number of pyridine rings is 2. The fourth-order valence-electron chi connectivity index (χ4n) is 5.67. The number of carboxylic acid groups (broad SMARTS) is 1. The molecule has 9 nitrogen and oxygen atoms in total. The second-order valence-corrected chi connectivity index (χ2v) is 12.5. The van der Waals surface area contributed by atoms with Crippen molar-refractivity contribution < 1.29 is 14.6 Å². The van der Waals surface area contributed by atoms with Crippen LogP contribution in [-0.2, 0) is 6.54 Å². The lowest BCUT2D eigenvalue weighted by Gasteiger charge is -2.16. The van der Waals surface area contributed by atoms with Gasteiger partial charge in [-0.1, -0.05) is 23.2 Å². The molecule has 0 spiro atoms. The van der Waals surface area contributed by atoms with Crippen molar-refractivity contribution in [2.75, 3.05) is 6.61 Å². The molecule has 46 heavy (non-hydrogen) atoms. The summed E-state index contributed by atoms with van der Waals surface area (Å²) in [5, 5.41) is 22.5. The number of thiophene rings is 1. The van der Waals surface area contributed by atoms with Crippen molar-refractivity contribution in [2.45, 2.75) is 34.2 Å². The van der Waals surface area contributed by atoms with Crippen LogP contribution in [0.5, 0.6) is 5.75 Å². The lowest BCUT2D eigenvalue weighted by Crippen LogP contribution is -2.27. The zero-order valence-corrected chi connectivity index (χ0v) is 27.4. The lowest BCUT2D eigenvalue weighted by molar-refractivity contribution is 0.0699. The number of hydrogen-bond donors (Lipinski definition) is 1. The van der Waals surface area contributed by atoms with Gasteiger partial charge in [0, 0.05) is 44.2 Å². The lowest BCUT2D eigenvalue weighted by atomic mass is 9.96. The molecular weight excluding hydrogens is 645 g/mol. The number of hydrogen-bond acceptors (Lipinski definition) is 8. The standard InChI is InChI=1S/C34H25Cl2N5O4S/c1-16-9-20(10-17(2)38-16)29-24(14-37)30-27(13-26(29)36)40-19(4)41(33(30)42)7-8-45-28-6-5-21(35)12-22(28)23-11-18(3)39-31-25(34(43)44)15-46-32(23)31/h5-6,9-13,15H,7-8H2,1-4H3,(H,43,44). The zero-order valence-electron chi connectivity index (χ0n) is 25.1. The van der Waals surface area contributed by atoms with Gasteiger partial charge in [0.25, 0.3) is 5.56 Å². The summed E-state index contributed by atoms with van der Waals surface area (Å²) in [6.45, 7) is 7.45. The molecule has 0 atom stereocenters. The molecule has 0 aliphatic carbocycles. The van der Waals surface area contributed by atoms with Crippen LogP contribution in [0.3, 0.4) is 0 Å². The van der Waals surface area contributed by atoms with Crippen LogP contribution in [0.4, 0.5) is 0 Å². The van der Waals surface area contributed by atoms with E-state index in [4.69, 9.17) is 27.9 Å². The summed E-state index contributed by atoms with van der Waals surface area (Å²) in [5.41, 5.74) is 5.34. The van der Waals surface area contributed by atoms with E-state index in [9.17, 15) is 20.0 Å². The predicted octanol–water partition coefficient (Wildman–Crippen LogP) is 7.92. The normalized spacial score (nSPS) is 11.2. The first-order valence-corrected chi connectivity index (χ1v) is 15.7. The average molecular weight is 671 g/mol.